The molecule has 1 aromatic heterocycles. The first-order chi connectivity index (χ1) is 6.05. The van der Waals surface area contributed by atoms with E-state index < -0.39 is 5.54 Å². The molecule has 74 valence electrons. The average molecular weight is 202 g/mol. The van der Waals surface area contributed by atoms with Crippen LogP contribution in [0.15, 0.2) is 11.5 Å². The predicted octanol–water partition coefficient (Wildman–Crippen LogP) is -0.383. The summed E-state index contributed by atoms with van der Waals surface area (Å²) in [6, 6.07) is 0. The van der Waals surface area contributed by atoms with Crippen LogP contribution in [0.25, 0.3) is 0 Å². The van der Waals surface area contributed by atoms with Gasteiger partial charge in [0.05, 0.1) is 6.61 Å². The monoisotopic (exact) mass is 202 g/mol. The Morgan fingerprint density at radius 2 is 2.46 bits per heavy atom. The minimum atomic E-state index is -0.559. The second-order valence-corrected chi connectivity index (χ2v) is 4.21. The normalized spacial score (nSPS) is 15.7. The Balaban J connectivity index is 2.48. The number of hydrogen-bond acceptors (Lipinski definition) is 5. The molecule has 0 saturated heterocycles. The van der Waals surface area contributed by atoms with Crippen LogP contribution in [0.1, 0.15) is 6.92 Å². The van der Waals surface area contributed by atoms with E-state index in [0.717, 1.165) is 5.16 Å². The Morgan fingerprint density at radius 3 is 2.92 bits per heavy atom. The third-order valence-electron chi connectivity index (χ3n) is 1.56. The maximum atomic E-state index is 8.91. The number of nitrogens with zero attached hydrogens (tertiary/aromatic N) is 3. The molecule has 0 aromatic carbocycles. The maximum absolute atomic E-state index is 8.91. The van der Waals surface area contributed by atoms with Crippen LogP contribution in [-0.2, 0) is 7.05 Å². The van der Waals surface area contributed by atoms with Gasteiger partial charge in [-0.3, -0.25) is 0 Å². The zero-order chi connectivity index (χ0) is 9.90. The lowest BCUT2D eigenvalue weighted by Gasteiger charge is -2.20. The number of aromatic nitrogens is 3. The molecule has 1 heterocycles. The third-order valence-corrected chi connectivity index (χ3v) is 2.99. The second-order valence-electron chi connectivity index (χ2n) is 3.27. The number of hydrogen-bond donors (Lipinski definition) is 2. The highest BCUT2D eigenvalue weighted by molar-refractivity contribution is 7.99. The average Bonchev–Trinajstić information content (AvgIpc) is 2.48. The Hall–Kier alpha value is -0.590. The summed E-state index contributed by atoms with van der Waals surface area (Å²) in [6.45, 7) is 1.77. The van der Waals surface area contributed by atoms with Crippen LogP contribution in [0.5, 0.6) is 0 Å². The van der Waals surface area contributed by atoms with Crippen molar-refractivity contribution in [3.8, 4) is 0 Å². The van der Waals surface area contributed by atoms with Gasteiger partial charge in [0.1, 0.15) is 6.33 Å². The van der Waals surface area contributed by atoms with Crippen molar-refractivity contribution in [1.29, 1.82) is 0 Å². The molecule has 0 amide bonds. The lowest BCUT2D eigenvalue weighted by Crippen LogP contribution is -2.42. The molecular weight excluding hydrogens is 188 g/mol. The van der Waals surface area contributed by atoms with Crippen molar-refractivity contribution in [1.82, 2.24) is 14.8 Å². The summed E-state index contributed by atoms with van der Waals surface area (Å²) in [7, 11) is 1.82. The molecule has 0 spiro atoms. The Kier molecular flexibility index (Phi) is 3.29. The Labute approximate surface area is 81.3 Å². The van der Waals surface area contributed by atoms with E-state index in [1.807, 2.05) is 7.05 Å². The first kappa shape index (κ1) is 10.5. The quantitative estimate of drug-likeness (QED) is 0.651. The van der Waals surface area contributed by atoms with Gasteiger partial charge in [-0.1, -0.05) is 11.8 Å². The SMILES string of the molecule is Cn1ncnc1SCC(C)(N)CO. The Morgan fingerprint density at radius 1 is 1.77 bits per heavy atom. The van der Waals surface area contributed by atoms with Crippen molar-refractivity contribution < 1.29 is 5.11 Å². The number of nitrogens with two attached hydrogens (primary N) is 1. The van der Waals surface area contributed by atoms with Gasteiger partial charge in [-0.25, -0.2) is 9.67 Å². The number of aryl methyl sites for hydroxylation is 1. The fourth-order valence-corrected chi connectivity index (χ4v) is 1.60. The van der Waals surface area contributed by atoms with Crippen LogP contribution in [0.3, 0.4) is 0 Å². The molecule has 13 heavy (non-hydrogen) atoms. The third kappa shape index (κ3) is 2.98. The van der Waals surface area contributed by atoms with Crippen molar-refractivity contribution in [3.05, 3.63) is 6.33 Å². The predicted molar refractivity (Wildman–Crippen MR) is 51.4 cm³/mol. The number of rotatable bonds is 4. The van der Waals surface area contributed by atoms with Gasteiger partial charge in [-0.05, 0) is 6.92 Å². The van der Waals surface area contributed by atoms with Gasteiger partial charge in [-0.15, -0.1) is 0 Å². The minimum Gasteiger partial charge on any atom is -0.394 e. The van der Waals surface area contributed by atoms with Crippen LogP contribution in [0.2, 0.25) is 0 Å². The van der Waals surface area contributed by atoms with Gasteiger partial charge in [-0.2, -0.15) is 5.10 Å². The van der Waals surface area contributed by atoms with E-state index in [9.17, 15) is 0 Å². The van der Waals surface area contributed by atoms with E-state index in [4.69, 9.17) is 10.8 Å². The molecule has 6 heteroatoms. The molecule has 0 aliphatic carbocycles. The summed E-state index contributed by atoms with van der Waals surface area (Å²) in [6.07, 6.45) is 1.50. The lowest BCUT2D eigenvalue weighted by molar-refractivity contribution is 0.224. The molecule has 1 rings (SSSR count). The molecule has 1 unspecified atom stereocenters. The van der Waals surface area contributed by atoms with Crippen molar-refractivity contribution >= 4 is 11.8 Å². The van der Waals surface area contributed by atoms with Crippen molar-refractivity contribution in [2.24, 2.45) is 12.8 Å². The van der Waals surface area contributed by atoms with E-state index in [1.54, 1.807) is 11.6 Å². The fraction of sp³-hybridized carbons (Fsp3) is 0.714. The van der Waals surface area contributed by atoms with E-state index in [1.165, 1.54) is 18.1 Å². The summed E-state index contributed by atoms with van der Waals surface area (Å²) in [5, 5.41) is 13.6. The van der Waals surface area contributed by atoms with Gasteiger partial charge >= 0.3 is 0 Å². The van der Waals surface area contributed by atoms with Crippen molar-refractivity contribution in [2.45, 2.75) is 17.6 Å². The van der Waals surface area contributed by atoms with Crippen LogP contribution in [0.4, 0.5) is 0 Å². The first-order valence-electron chi connectivity index (χ1n) is 3.92. The number of aliphatic hydroxyl groups is 1. The van der Waals surface area contributed by atoms with E-state index in [2.05, 4.69) is 10.1 Å². The smallest absolute Gasteiger partial charge is 0.185 e. The van der Waals surface area contributed by atoms with Crippen LogP contribution in [-0.4, -0.2) is 37.8 Å². The number of thioether (sulfide) groups is 1. The highest BCUT2D eigenvalue weighted by Gasteiger charge is 2.18. The first-order valence-corrected chi connectivity index (χ1v) is 4.90. The molecule has 3 N–H and O–H groups in total. The van der Waals surface area contributed by atoms with Crippen molar-refractivity contribution in [2.75, 3.05) is 12.4 Å². The Bertz CT molecular complexity index is 273. The van der Waals surface area contributed by atoms with Gasteiger partial charge in [0.15, 0.2) is 5.16 Å². The van der Waals surface area contributed by atoms with E-state index in [0.29, 0.717) is 5.75 Å². The van der Waals surface area contributed by atoms with E-state index >= 15 is 0 Å². The van der Waals surface area contributed by atoms with Gasteiger partial charge < -0.3 is 10.8 Å². The molecule has 0 radical (unpaired) electrons. The molecular formula is C7H14N4OS. The second kappa shape index (κ2) is 4.08. The van der Waals surface area contributed by atoms with Crippen LogP contribution >= 0.6 is 11.8 Å². The van der Waals surface area contributed by atoms with Crippen LogP contribution < -0.4 is 5.73 Å². The molecule has 0 aliphatic rings. The lowest BCUT2D eigenvalue weighted by atomic mass is 10.1. The minimum absolute atomic E-state index is 0.0299. The zero-order valence-corrected chi connectivity index (χ0v) is 8.58. The molecule has 5 nitrogen and oxygen atoms in total. The molecule has 0 bridgehead atoms. The molecule has 1 atom stereocenters. The molecule has 0 fully saturated rings. The summed E-state index contributed by atoms with van der Waals surface area (Å²) in [5.74, 6) is 0.621. The highest BCUT2D eigenvalue weighted by atomic mass is 32.2. The topological polar surface area (TPSA) is 77.0 Å². The van der Waals surface area contributed by atoms with Gasteiger partial charge in [0.25, 0.3) is 0 Å². The van der Waals surface area contributed by atoms with Crippen LogP contribution in [0, 0.1) is 0 Å². The van der Waals surface area contributed by atoms with E-state index in [-0.39, 0.29) is 6.61 Å². The largest absolute Gasteiger partial charge is 0.394 e. The summed E-state index contributed by atoms with van der Waals surface area (Å²) >= 11 is 1.49. The number of aliphatic hydroxyl groups excluding tert-OH is 1. The molecule has 1 aromatic rings. The summed E-state index contributed by atoms with van der Waals surface area (Å²) in [4.78, 5) is 4.03. The molecule has 0 aliphatic heterocycles. The van der Waals surface area contributed by atoms with Crippen molar-refractivity contribution in [3.63, 3.8) is 0 Å². The van der Waals surface area contributed by atoms with Gasteiger partial charge in [0, 0.05) is 18.3 Å². The summed E-state index contributed by atoms with van der Waals surface area (Å²) in [5.41, 5.74) is 5.20. The fourth-order valence-electron chi connectivity index (χ4n) is 0.691. The summed E-state index contributed by atoms with van der Waals surface area (Å²) < 4.78 is 1.68. The highest BCUT2D eigenvalue weighted by Crippen LogP contribution is 2.17. The van der Waals surface area contributed by atoms with Gasteiger partial charge in [0.2, 0.25) is 0 Å². The molecule has 0 saturated carbocycles. The maximum Gasteiger partial charge on any atom is 0.185 e. The zero-order valence-electron chi connectivity index (χ0n) is 7.77. The standard InChI is InChI=1S/C7H14N4OS/c1-7(8,3-12)4-13-6-9-5-10-11(6)2/h5,12H,3-4,8H2,1-2H3.